The Bertz CT molecular complexity index is 914. The number of ether oxygens (including phenoxy) is 2. The van der Waals surface area contributed by atoms with Crippen molar-refractivity contribution in [2.24, 2.45) is 23.7 Å². The smallest absolute Gasteiger partial charge is 0.314 e. The van der Waals surface area contributed by atoms with Crippen LogP contribution in [0.25, 0.3) is 0 Å². The molecule has 31 heavy (non-hydrogen) atoms. The Morgan fingerprint density at radius 1 is 0.935 bits per heavy atom. The minimum absolute atomic E-state index is 0.125. The Morgan fingerprint density at radius 3 is 1.97 bits per heavy atom. The molecule has 2 saturated carbocycles. The largest absolute Gasteiger partial charge is 0.464 e. The molecule has 3 rings (SSSR count). The van der Waals surface area contributed by atoms with Gasteiger partial charge in [0.2, 0.25) is 0 Å². The predicted molar refractivity (Wildman–Crippen MR) is 115 cm³/mol. The maximum Gasteiger partial charge on any atom is 0.314 e. The minimum Gasteiger partial charge on any atom is -0.464 e. The van der Waals surface area contributed by atoms with E-state index >= 15 is 0 Å². The molecular formula is C23H32O7S. The molecule has 0 radical (unpaired) electrons. The number of carbonyl (C=O) groups excluding carboxylic acids is 2. The third-order valence-corrected chi connectivity index (χ3v) is 7.36. The SMILES string of the molecule is Cc1cc(C)c(OC(=O)C2CCC3CC(C(=O)OCCS(=O)(=O)O)CCC3C2)c(C)c1. The van der Waals surface area contributed by atoms with Gasteiger partial charge in [-0.2, -0.15) is 8.42 Å². The zero-order chi connectivity index (χ0) is 22.8. The maximum absolute atomic E-state index is 12.8. The molecule has 2 aliphatic carbocycles. The van der Waals surface area contributed by atoms with Crippen LogP contribution in [0, 0.1) is 44.4 Å². The third-order valence-electron chi connectivity index (χ3n) is 6.67. The van der Waals surface area contributed by atoms with Gasteiger partial charge in [-0.3, -0.25) is 14.1 Å². The molecule has 7 nitrogen and oxygen atoms in total. The molecule has 0 spiro atoms. The second-order valence-electron chi connectivity index (χ2n) is 9.14. The van der Waals surface area contributed by atoms with E-state index in [0.29, 0.717) is 30.4 Å². The Morgan fingerprint density at radius 2 is 1.45 bits per heavy atom. The highest BCUT2D eigenvalue weighted by Gasteiger charge is 2.40. The van der Waals surface area contributed by atoms with Crippen LogP contribution in [0.2, 0.25) is 0 Å². The van der Waals surface area contributed by atoms with Gasteiger partial charge in [-0.15, -0.1) is 0 Å². The molecule has 4 atom stereocenters. The molecular weight excluding hydrogens is 420 g/mol. The summed E-state index contributed by atoms with van der Waals surface area (Å²) in [4.78, 5) is 25.1. The van der Waals surface area contributed by atoms with Crippen LogP contribution in [0.5, 0.6) is 5.75 Å². The van der Waals surface area contributed by atoms with E-state index in [9.17, 15) is 18.0 Å². The van der Waals surface area contributed by atoms with E-state index in [4.69, 9.17) is 14.0 Å². The molecule has 0 saturated heterocycles. The van der Waals surface area contributed by atoms with E-state index in [1.54, 1.807) is 0 Å². The van der Waals surface area contributed by atoms with Crippen molar-refractivity contribution < 1.29 is 32.0 Å². The molecule has 2 fully saturated rings. The van der Waals surface area contributed by atoms with E-state index in [1.807, 2.05) is 32.9 Å². The predicted octanol–water partition coefficient (Wildman–Crippen LogP) is 3.78. The third kappa shape index (κ3) is 6.29. The van der Waals surface area contributed by atoms with Crippen LogP contribution in [0.4, 0.5) is 0 Å². The fraction of sp³-hybridized carbons (Fsp3) is 0.652. The van der Waals surface area contributed by atoms with Crippen LogP contribution in [-0.4, -0.2) is 37.3 Å². The molecule has 1 aromatic rings. The molecule has 0 heterocycles. The summed E-state index contributed by atoms with van der Waals surface area (Å²) in [5, 5.41) is 0. The summed E-state index contributed by atoms with van der Waals surface area (Å²) in [6.45, 7) is 5.60. The Labute approximate surface area is 184 Å². The van der Waals surface area contributed by atoms with Gasteiger partial charge < -0.3 is 9.47 Å². The summed E-state index contributed by atoms with van der Waals surface area (Å²) in [7, 11) is -4.14. The summed E-state index contributed by atoms with van der Waals surface area (Å²) in [6, 6.07) is 4.03. The summed E-state index contributed by atoms with van der Waals surface area (Å²) in [5.74, 6) is -0.110. The van der Waals surface area contributed by atoms with E-state index in [1.165, 1.54) is 0 Å². The lowest BCUT2D eigenvalue weighted by Gasteiger charge is -2.40. The number of benzene rings is 1. The minimum atomic E-state index is -4.14. The molecule has 1 aromatic carbocycles. The van der Waals surface area contributed by atoms with E-state index in [2.05, 4.69) is 0 Å². The number of fused-ring (bicyclic) bond motifs is 1. The first kappa shape index (κ1) is 23.7. The first-order valence-electron chi connectivity index (χ1n) is 10.9. The highest BCUT2D eigenvalue weighted by Crippen LogP contribution is 2.45. The Kier molecular flexibility index (Phi) is 7.42. The molecule has 172 valence electrons. The van der Waals surface area contributed by atoms with Crippen molar-refractivity contribution in [1.29, 1.82) is 0 Å². The van der Waals surface area contributed by atoms with Crippen molar-refractivity contribution in [3.05, 3.63) is 28.8 Å². The van der Waals surface area contributed by atoms with Gasteiger partial charge in [-0.05, 0) is 82.3 Å². The molecule has 8 heteroatoms. The molecule has 1 N–H and O–H groups in total. The highest BCUT2D eigenvalue weighted by molar-refractivity contribution is 7.85. The molecule has 0 amide bonds. The Hall–Kier alpha value is -1.93. The molecule has 0 aromatic heterocycles. The summed E-state index contributed by atoms with van der Waals surface area (Å²) >= 11 is 0. The highest BCUT2D eigenvalue weighted by atomic mass is 32.2. The fourth-order valence-electron chi connectivity index (χ4n) is 5.19. The molecule has 4 unspecified atom stereocenters. The standard InChI is InChI=1S/C23H32O7S/c1-14-10-15(2)21(16(3)11-14)30-23(25)20-7-5-17-12-19(6-4-18(17)13-20)22(24)29-8-9-31(26,27)28/h10-11,17-20H,4-9,12-13H2,1-3H3,(H,26,27,28). The van der Waals surface area contributed by atoms with Crippen LogP contribution in [0.15, 0.2) is 12.1 Å². The molecule has 2 aliphatic rings. The van der Waals surface area contributed by atoms with Crippen LogP contribution < -0.4 is 4.74 Å². The second kappa shape index (κ2) is 9.69. The van der Waals surface area contributed by atoms with Crippen LogP contribution in [-0.2, 0) is 24.4 Å². The number of hydrogen-bond acceptors (Lipinski definition) is 6. The van der Waals surface area contributed by atoms with E-state index in [-0.39, 0.29) is 24.4 Å². The number of aryl methyl sites for hydroxylation is 3. The second-order valence-corrected chi connectivity index (χ2v) is 10.7. The van der Waals surface area contributed by atoms with Gasteiger partial charge in [0, 0.05) is 0 Å². The normalized spacial score (nSPS) is 26.1. The summed E-state index contributed by atoms with van der Waals surface area (Å²) in [5.41, 5.74) is 3.07. The lowest BCUT2D eigenvalue weighted by Crippen LogP contribution is -2.37. The van der Waals surface area contributed by atoms with Crippen LogP contribution in [0.1, 0.15) is 55.2 Å². The fourth-order valence-corrected chi connectivity index (χ4v) is 5.49. The number of carbonyl (C=O) groups is 2. The lowest BCUT2D eigenvalue weighted by molar-refractivity contribution is -0.151. The van der Waals surface area contributed by atoms with Crippen molar-refractivity contribution in [3.63, 3.8) is 0 Å². The first-order chi connectivity index (χ1) is 14.5. The van der Waals surface area contributed by atoms with Crippen molar-refractivity contribution in [2.45, 2.75) is 59.3 Å². The van der Waals surface area contributed by atoms with Gasteiger partial charge in [0.25, 0.3) is 10.1 Å². The number of rotatable bonds is 6. The van der Waals surface area contributed by atoms with Gasteiger partial charge >= 0.3 is 11.9 Å². The topological polar surface area (TPSA) is 107 Å². The number of hydrogen-bond donors (Lipinski definition) is 1. The van der Waals surface area contributed by atoms with Crippen LogP contribution in [0.3, 0.4) is 0 Å². The maximum atomic E-state index is 12.8. The van der Waals surface area contributed by atoms with Crippen molar-refractivity contribution in [2.75, 3.05) is 12.4 Å². The van der Waals surface area contributed by atoms with Gasteiger partial charge in [0.05, 0.1) is 11.8 Å². The molecule has 0 bridgehead atoms. The van der Waals surface area contributed by atoms with Crippen molar-refractivity contribution >= 4 is 22.1 Å². The van der Waals surface area contributed by atoms with E-state index < -0.39 is 21.8 Å². The summed E-state index contributed by atoms with van der Waals surface area (Å²) in [6.07, 6.45) is 4.60. The number of esters is 2. The van der Waals surface area contributed by atoms with Gasteiger partial charge in [-0.1, -0.05) is 17.7 Å². The zero-order valence-corrected chi connectivity index (χ0v) is 19.2. The Balaban J connectivity index is 1.51. The quantitative estimate of drug-likeness (QED) is 0.398. The monoisotopic (exact) mass is 452 g/mol. The summed E-state index contributed by atoms with van der Waals surface area (Å²) < 4.78 is 41.1. The zero-order valence-electron chi connectivity index (χ0n) is 18.4. The van der Waals surface area contributed by atoms with Crippen molar-refractivity contribution in [3.8, 4) is 5.75 Å². The van der Waals surface area contributed by atoms with Crippen LogP contribution >= 0.6 is 0 Å². The van der Waals surface area contributed by atoms with Crippen molar-refractivity contribution in [1.82, 2.24) is 0 Å². The van der Waals surface area contributed by atoms with Gasteiger partial charge in [-0.25, -0.2) is 0 Å². The van der Waals surface area contributed by atoms with Gasteiger partial charge in [0.15, 0.2) is 0 Å². The van der Waals surface area contributed by atoms with E-state index in [0.717, 1.165) is 42.4 Å². The first-order valence-corrected chi connectivity index (χ1v) is 12.6. The van der Waals surface area contributed by atoms with Gasteiger partial charge in [0.1, 0.15) is 18.1 Å². The average Bonchev–Trinajstić information content (AvgIpc) is 2.68. The molecule has 0 aliphatic heterocycles. The lowest BCUT2D eigenvalue weighted by atomic mass is 9.65. The average molecular weight is 453 g/mol.